The number of aryl methyl sites for hydroxylation is 1. The first kappa shape index (κ1) is 12.3. The predicted octanol–water partition coefficient (Wildman–Crippen LogP) is -0.383. The molecule has 1 atom stereocenters. The van der Waals surface area contributed by atoms with E-state index in [-0.39, 0.29) is 23.9 Å². The molecule has 1 saturated carbocycles. The zero-order valence-corrected chi connectivity index (χ0v) is 10.6. The van der Waals surface area contributed by atoms with Gasteiger partial charge in [0.2, 0.25) is 11.8 Å². The number of aromatic nitrogens is 3. The van der Waals surface area contributed by atoms with Crippen molar-refractivity contribution in [2.24, 2.45) is 0 Å². The maximum Gasteiger partial charge on any atom is 0.247 e. The average molecular weight is 263 g/mol. The van der Waals surface area contributed by atoms with Crippen LogP contribution in [0.5, 0.6) is 0 Å². The number of likely N-dealkylation sites (tertiary alicyclic amines) is 1. The summed E-state index contributed by atoms with van der Waals surface area (Å²) in [4.78, 5) is 29.3. The van der Waals surface area contributed by atoms with Crippen molar-refractivity contribution in [3.63, 3.8) is 0 Å². The Morgan fingerprint density at radius 2 is 2.26 bits per heavy atom. The van der Waals surface area contributed by atoms with Crippen molar-refractivity contribution in [3.8, 4) is 0 Å². The van der Waals surface area contributed by atoms with Crippen molar-refractivity contribution in [3.05, 3.63) is 12.2 Å². The van der Waals surface area contributed by atoms with E-state index in [4.69, 9.17) is 0 Å². The maximum absolute atomic E-state index is 12.0. The minimum Gasteiger partial charge on any atom is -0.305 e. The van der Waals surface area contributed by atoms with Gasteiger partial charge in [0.25, 0.3) is 0 Å². The monoisotopic (exact) mass is 263 g/mol. The van der Waals surface area contributed by atoms with Crippen molar-refractivity contribution in [1.82, 2.24) is 25.4 Å². The largest absolute Gasteiger partial charge is 0.305 e. The minimum atomic E-state index is -0.331. The van der Waals surface area contributed by atoms with Gasteiger partial charge in [0.05, 0.1) is 12.5 Å². The highest BCUT2D eigenvalue weighted by Gasteiger charge is 2.45. The van der Waals surface area contributed by atoms with Gasteiger partial charge in [0.15, 0.2) is 0 Å². The molecule has 2 heterocycles. The van der Waals surface area contributed by atoms with E-state index in [2.05, 4.69) is 20.5 Å². The molecular formula is C12H17N5O2. The lowest BCUT2D eigenvalue weighted by Gasteiger charge is -2.14. The van der Waals surface area contributed by atoms with Crippen molar-refractivity contribution >= 4 is 11.8 Å². The van der Waals surface area contributed by atoms with Gasteiger partial charge in [-0.25, -0.2) is 4.98 Å². The van der Waals surface area contributed by atoms with Crippen LogP contribution in [0.15, 0.2) is 6.33 Å². The van der Waals surface area contributed by atoms with E-state index in [0.717, 1.165) is 31.5 Å². The van der Waals surface area contributed by atoms with E-state index in [9.17, 15) is 9.59 Å². The highest BCUT2D eigenvalue weighted by Crippen LogP contribution is 2.31. The fraction of sp³-hybridized carbons (Fsp3) is 0.667. The van der Waals surface area contributed by atoms with Crippen LogP contribution in [-0.4, -0.2) is 50.5 Å². The van der Waals surface area contributed by atoms with Crippen LogP contribution in [0.1, 0.15) is 31.5 Å². The van der Waals surface area contributed by atoms with E-state index in [1.54, 1.807) is 0 Å². The molecule has 1 saturated heterocycles. The van der Waals surface area contributed by atoms with E-state index in [0.29, 0.717) is 13.0 Å². The number of hydrogen-bond acceptors (Lipinski definition) is 5. The number of H-pyrrole nitrogens is 1. The molecular weight excluding hydrogens is 246 g/mol. The molecule has 19 heavy (non-hydrogen) atoms. The summed E-state index contributed by atoms with van der Waals surface area (Å²) in [6, 6.07) is -0.149. The summed E-state index contributed by atoms with van der Waals surface area (Å²) in [7, 11) is 0. The second-order valence-electron chi connectivity index (χ2n) is 5.08. The van der Waals surface area contributed by atoms with Gasteiger partial charge in [-0.05, 0) is 25.8 Å². The number of aromatic amines is 1. The zero-order chi connectivity index (χ0) is 13.2. The normalized spacial score (nSPS) is 23.4. The Morgan fingerprint density at radius 3 is 2.95 bits per heavy atom. The molecule has 1 aliphatic heterocycles. The summed E-state index contributed by atoms with van der Waals surface area (Å²) in [6.07, 6.45) is 5.36. The van der Waals surface area contributed by atoms with Gasteiger partial charge < -0.3 is 5.32 Å². The number of carbonyl (C=O) groups is 2. The van der Waals surface area contributed by atoms with Crippen molar-refractivity contribution in [2.45, 2.75) is 44.2 Å². The third-order valence-corrected chi connectivity index (χ3v) is 3.54. The van der Waals surface area contributed by atoms with Gasteiger partial charge in [0, 0.05) is 12.5 Å². The van der Waals surface area contributed by atoms with Crippen LogP contribution in [0.4, 0.5) is 0 Å². The zero-order valence-electron chi connectivity index (χ0n) is 10.6. The highest BCUT2D eigenvalue weighted by atomic mass is 16.2. The highest BCUT2D eigenvalue weighted by molar-refractivity contribution is 6.06. The van der Waals surface area contributed by atoms with E-state index < -0.39 is 0 Å². The molecule has 2 N–H and O–H groups in total. The summed E-state index contributed by atoms with van der Waals surface area (Å²) < 4.78 is 0. The number of amides is 2. The number of hydrogen-bond donors (Lipinski definition) is 2. The molecule has 7 heteroatoms. The Morgan fingerprint density at radius 1 is 1.42 bits per heavy atom. The lowest BCUT2D eigenvalue weighted by atomic mass is 10.2. The molecule has 1 aliphatic carbocycles. The molecule has 0 bridgehead atoms. The molecule has 0 aromatic carbocycles. The first-order chi connectivity index (χ1) is 9.25. The van der Waals surface area contributed by atoms with Crippen LogP contribution in [0.25, 0.3) is 0 Å². The Kier molecular flexibility index (Phi) is 3.29. The van der Waals surface area contributed by atoms with Gasteiger partial charge in [-0.3, -0.25) is 19.6 Å². The topological polar surface area (TPSA) is 91.0 Å². The molecule has 2 fully saturated rings. The van der Waals surface area contributed by atoms with Crippen LogP contribution in [0.2, 0.25) is 0 Å². The molecule has 2 amide bonds. The number of carbonyl (C=O) groups excluding carboxylic acids is 2. The molecule has 3 rings (SSSR count). The SMILES string of the molecule is O=C1CC(NCCCc2ncn[nH]2)C(=O)N1C1CC1. The maximum atomic E-state index is 12.0. The lowest BCUT2D eigenvalue weighted by Crippen LogP contribution is -2.40. The Bertz CT molecular complexity index is 468. The Hall–Kier alpha value is -1.76. The quantitative estimate of drug-likeness (QED) is 0.539. The third-order valence-electron chi connectivity index (χ3n) is 3.54. The van der Waals surface area contributed by atoms with Gasteiger partial charge >= 0.3 is 0 Å². The fourth-order valence-electron chi connectivity index (χ4n) is 2.41. The molecule has 1 aromatic rings. The standard InChI is InChI=1S/C12H17N5O2/c18-11-6-9(12(19)17(11)8-3-4-8)13-5-1-2-10-14-7-15-16-10/h7-9,13H,1-6H2,(H,14,15,16). The smallest absolute Gasteiger partial charge is 0.247 e. The van der Waals surface area contributed by atoms with Gasteiger partial charge in [-0.15, -0.1) is 0 Å². The molecule has 7 nitrogen and oxygen atoms in total. The van der Waals surface area contributed by atoms with E-state index in [1.165, 1.54) is 11.2 Å². The second kappa shape index (κ2) is 5.08. The van der Waals surface area contributed by atoms with Gasteiger partial charge in [0.1, 0.15) is 12.2 Å². The van der Waals surface area contributed by atoms with Crippen LogP contribution >= 0.6 is 0 Å². The van der Waals surface area contributed by atoms with Gasteiger partial charge in [-0.1, -0.05) is 0 Å². The fourth-order valence-corrected chi connectivity index (χ4v) is 2.41. The van der Waals surface area contributed by atoms with Gasteiger partial charge in [-0.2, -0.15) is 5.10 Å². The van der Waals surface area contributed by atoms with E-state index in [1.807, 2.05) is 0 Å². The van der Waals surface area contributed by atoms with Crippen LogP contribution in [0.3, 0.4) is 0 Å². The number of imide groups is 1. The first-order valence-electron chi connectivity index (χ1n) is 6.69. The lowest BCUT2D eigenvalue weighted by molar-refractivity contribution is -0.139. The number of rotatable bonds is 6. The van der Waals surface area contributed by atoms with Crippen molar-refractivity contribution < 1.29 is 9.59 Å². The molecule has 2 aliphatic rings. The summed E-state index contributed by atoms with van der Waals surface area (Å²) in [5, 5.41) is 9.73. The summed E-state index contributed by atoms with van der Waals surface area (Å²) >= 11 is 0. The molecule has 1 aromatic heterocycles. The molecule has 0 radical (unpaired) electrons. The summed E-state index contributed by atoms with van der Waals surface area (Å²) in [6.45, 7) is 0.697. The van der Waals surface area contributed by atoms with Crippen molar-refractivity contribution in [2.75, 3.05) is 6.54 Å². The average Bonchev–Trinajstić information content (AvgIpc) is 2.99. The van der Waals surface area contributed by atoms with Crippen LogP contribution in [0, 0.1) is 0 Å². The Balaban J connectivity index is 1.43. The van der Waals surface area contributed by atoms with Crippen LogP contribution in [-0.2, 0) is 16.0 Å². The predicted molar refractivity (Wildman–Crippen MR) is 66.0 cm³/mol. The second-order valence-corrected chi connectivity index (χ2v) is 5.08. The summed E-state index contributed by atoms with van der Waals surface area (Å²) in [5.74, 6) is 0.766. The third kappa shape index (κ3) is 2.65. The molecule has 1 unspecified atom stereocenters. The van der Waals surface area contributed by atoms with E-state index >= 15 is 0 Å². The Labute approximate surface area is 110 Å². The number of nitrogens with one attached hydrogen (secondary N) is 2. The summed E-state index contributed by atoms with van der Waals surface area (Å²) in [5.41, 5.74) is 0. The first-order valence-corrected chi connectivity index (χ1v) is 6.69. The number of nitrogens with zero attached hydrogens (tertiary/aromatic N) is 3. The van der Waals surface area contributed by atoms with Crippen LogP contribution < -0.4 is 5.32 Å². The molecule has 102 valence electrons. The molecule has 0 spiro atoms. The van der Waals surface area contributed by atoms with Crippen molar-refractivity contribution in [1.29, 1.82) is 0 Å². The minimum absolute atomic E-state index is 0.0276.